The van der Waals surface area contributed by atoms with Crippen molar-refractivity contribution in [2.45, 2.75) is 5.41 Å². The van der Waals surface area contributed by atoms with Crippen molar-refractivity contribution in [3.05, 3.63) is 241 Å². The zero-order valence-electron chi connectivity index (χ0n) is 33.3. The highest BCUT2D eigenvalue weighted by molar-refractivity contribution is 6.12. The van der Waals surface area contributed by atoms with Crippen LogP contribution in [0.4, 0.5) is 0 Å². The van der Waals surface area contributed by atoms with Crippen LogP contribution in [-0.4, -0.2) is 0 Å². The molecule has 0 nitrogen and oxygen atoms in total. The van der Waals surface area contributed by atoms with Gasteiger partial charge in [0.2, 0.25) is 0 Å². The van der Waals surface area contributed by atoms with Crippen molar-refractivity contribution in [1.29, 1.82) is 0 Å². The molecular weight excluding hydrogens is 733 g/mol. The van der Waals surface area contributed by atoms with Gasteiger partial charge in [0.15, 0.2) is 0 Å². The Balaban J connectivity index is 0.952. The summed E-state index contributed by atoms with van der Waals surface area (Å²) < 4.78 is 0. The molecule has 280 valence electrons. The molecule has 0 bridgehead atoms. The van der Waals surface area contributed by atoms with E-state index in [9.17, 15) is 0 Å². The van der Waals surface area contributed by atoms with Crippen molar-refractivity contribution in [1.82, 2.24) is 0 Å². The topological polar surface area (TPSA) is 0 Å². The number of benzene rings is 12. The molecule has 0 amide bonds. The molecule has 2 aliphatic carbocycles. The Morgan fingerprint density at radius 1 is 0.197 bits per heavy atom. The first kappa shape index (κ1) is 33.1. The third kappa shape index (κ3) is 4.59. The number of hydrogen-bond donors (Lipinski definition) is 0. The lowest BCUT2D eigenvalue weighted by molar-refractivity contribution is 0.794. The maximum Gasteiger partial charge on any atom is 0.0725 e. The molecule has 2 aliphatic rings. The van der Waals surface area contributed by atoms with Crippen LogP contribution in [0.25, 0.3) is 109 Å². The molecule has 0 heteroatoms. The standard InChI is InChI=1S/C61H36/c1-2-11-39-28-50-33-48-30-40(18-20-42(48)31-49(50)27-38(39)10-1)44-23-25-54-52-13-5-7-15-57(52)61(59(54)35-44)58-16-8-6-14-53(58)55-26-24-45(36-60(55)61)41-19-21-43-34-56-46(32-47(43)29-41)22-17-37-9-3-4-12-51(37)56/h1-36H. The Morgan fingerprint density at radius 2 is 0.574 bits per heavy atom. The highest BCUT2D eigenvalue weighted by Gasteiger charge is 2.51. The molecule has 12 aromatic carbocycles. The fourth-order valence-electron chi connectivity index (χ4n) is 11.3. The van der Waals surface area contributed by atoms with Gasteiger partial charge in [-0.1, -0.05) is 158 Å². The molecule has 1 unspecified atom stereocenters. The van der Waals surface area contributed by atoms with Crippen LogP contribution in [0.5, 0.6) is 0 Å². The molecule has 1 spiro atoms. The minimum atomic E-state index is -0.452. The van der Waals surface area contributed by atoms with Crippen molar-refractivity contribution < 1.29 is 0 Å². The van der Waals surface area contributed by atoms with Crippen molar-refractivity contribution in [3.8, 4) is 44.5 Å². The monoisotopic (exact) mass is 768 g/mol. The van der Waals surface area contributed by atoms with Crippen LogP contribution in [-0.2, 0) is 5.41 Å². The molecular formula is C61H36. The van der Waals surface area contributed by atoms with E-state index in [1.165, 1.54) is 131 Å². The minimum Gasteiger partial charge on any atom is -0.0619 e. The van der Waals surface area contributed by atoms with Gasteiger partial charge in [-0.15, -0.1) is 0 Å². The van der Waals surface area contributed by atoms with Crippen molar-refractivity contribution in [2.24, 2.45) is 0 Å². The summed E-state index contributed by atoms with van der Waals surface area (Å²) in [6, 6.07) is 82.7. The van der Waals surface area contributed by atoms with Gasteiger partial charge in [-0.2, -0.15) is 0 Å². The minimum absolute atomic E-state index is 0.452. The van der Waals surface area contributed by atoms with Gasteiger partial charge in [-0.25, -0.2) is 0 Å². The van der Waals surface area contributed by atoms with Crippen LogP contribution in [0.2, 0.25) is 0 Å². The molecule has 0 aliphatic heterocycles. The van der Waals surface area contributed by atoms with Crippen LogP contribution >= 0.6 is 0 Å². The lowest BCUT2D eigenvalue weighted by atomic mass is 9.70. The Labute approximate surface area is 353 Å². The SMILES string of the molecule is c1ccc2c(c1)-c1ccc(-c3ccc4cc5cc6ccccc6cc5cc4c3)cc1C21c2ccccc2-c2ccc(-c3ccc4cc5c(ccc6ccccc65)cc4c3)cc21. The number of hydrogen-bond acceptors (Lipinski definition) is 0. The first-order valence-corrected chi connectivity index (χ1v) is 21.4. The maximum absolute atomic E-state index is 2.51. The van der Waals surface area contributed by atoms with Crippen LogP contribution in [0.15, 0.2) is 218 Å². The summed E-state index contributed by atoms with van der Waals surface area (Å²) >= 11 is 0. The summed E-state index contributed by atoms with van der Waals surface area (Å²) in [7, 11) is 0. The molecule has 0 saturated heterocycles. The van der Waals surface area contributed by atoms with E-state index >= 15 is 0 Å². The third-order valence-corrected chi connectivity index (χ3v) is 14.1. The van der Waals surface area contributed by atoms with E-state index in [4.69, 9.17) is 0 Å². The fourth-order valence-corrected chi connectivity index (χ4v) is 11.3. The summed E-state index contributed by atoms with van der Waals surface area (Å²) in [5.74, 6) is 0. The first-order chi connectivity index (χ1) is 30.2. The second kappa shape index (κ2) is 12.1. The maximum atomic E-state index is 2.51. The summed E-state index contributed by atoms with van der Waals surface area (Å²) in [4.78, 5) is 0. The van der Waals surface area contributed by atoms with Gasteiger partial charge in [-0.3, -0.25) is 0 Å². The van der Waals surface area contributed by atoms with Crippen LogP contribution in [0, 0.1) is 0 Å². The fraction of sp³-hybridized carbons (Fsp3) is 0.0164. The van der Waals surface area contributed by atoms with Gasteiger partial charge >= 0.3 is 0 Å². The summed E-state index contributed by atoms with van der Waals surface area (Å²) in [6.07, 6.45) is 0. The number of fused-ring (bicyclic) bond motifs is 17. The smallest absolute Gasteiger partial charge is 0.0619 e. The van der Waals surface area contributed by atoms with E-state index in [0.29, 0.717) is 0 Å². The normalized spacial score (nSPS) is 15.0. The van der Waals surface area contributed by atoms with E-state index in [0.717, 1.165) is 0 Å². The Morgan fingerprint density at radius 3 is 1.18 bits per heavy atom. The van der Waals surface area contributed by atoms with Gasteiger partial charge < -0.3 is 0 Å². The lowest BCUT2D eigenvalue weighted by Gasteiger charge is -2.31. The number of rotatable bonds is 2. The van der Waals surface area contributed by atoms with Gasteiger partial charge in [-0.05, 0) is 192 Å². The molecule has 0 radical (unpaired) electrons. The zero-order valence-corrected chi connectivity index (χ0v) is 33.3. The second-order valence-corrected chi connectivity index (χ2v) is 17.2. The highest BCUT2D eigenvalue weighted by atomic mass is 14.5. The average molecular weight is 769 g/mol. The molecule has 0 N–H and O–H groups in total. The Hall–Kier alpha value is -7.80. The summed E-state index contributed by atoms with van der Waals surface area (Å²) in [5.41, 5.74) is 15.2. The molecule has 12 aromatic rings. The summed E-state index contributed by atoms with van der Waals surface area (Å²) in [6.45, 7) is 0. The molecule has 1 atom stereocenters. The van der Waals surface area contributed by atoms with E-state index in [1.54, 1.807) is 0 Å². The van der Waals surface area contributed by atoms with E-state index < -0.39 is 5.41 Å². The van der Waals surface area contributed by atoms with Gasteiger partial charge in [0.25, 0.3) is 0 Å². The van der Waals surface area contributed by atoms with Crippen LogP contribution in [0.3, 0.4) is 0 Å². The molecule has 0 fully saturated rings. The van der Waals surface area contributed by atoms with Crippen molar-refractivity contribution in [3.63, 3.8) is 0 Å². The van der Waals surface area contributed by atoms with Gasteiger partial charge in [0, 0.05) is 0 Å². The molecule has 61 heavy (non-hydrogen) atoms. The van der Waals surface area contributed by atoms with E-state index in [1.807, 2.05) is 0 Å². The van der Waals surface area contributed by atoms with Crippen LogP contribution in [0.1, 0.15) is 22.3 Å². The quantitative estimate of drug-likeness (QED) is 0.121. The average Bonchev–Trinajstić information content (AvgIpc) is 3.78. The van der Waals surface area contributed by atoms with Crippen LogP contribution < -0.4 is 0 Å². The highest BCUT2D eigenvalue weighted by Crippen LogP contribution is 2.63. The third-order valence-electron chi connectivity index (χ3n) is 14.1. The Kier molecular flexibility index (Phi) is 6.58. The zero-order chi connectivity index (χ0) is 39.8. The summed E-state index contributed by atoms with van der Waals surface area (Å²) in [5, 5.41) is 15.3. The van der Waals surface area contributed by atoms with Gasteiger partial charge in [0.1, 0.15) is 0 Å². The molecule has 0 saturated carbocycles. The molecule has 0 aromatic heterocycles. The predicted octanol–water partition coefficient (Wildman–Crippen LogP) is 16.3. The predicted molar refractivity (Wildman–Crippen MR) is 259 cm³/mol. The van der Waals surface area contributed by atoms with Crippen molar-refractivity contribution in [2.75, 3.05) is 0 Å². The van der Waals surface area contributed by atoms with E-state index in [2.05, 4.69) is 218 Å². The largest absolute Gasteiger partial charge is 0.0725 e. The van der Waals surface area contributed by atoms with E-state index in [-0.39, 0.29) is 0 Å². The first-order valence-electron chi connectivity index (χ1n) is 21.4. The molecule has 0 heterocycles. The second-order valence-electron chi connectivity index (χ2n) is 17.2. The van der Waals surface area contributed by atoms with Crippen molar-refractivity contribution >= 4 is 64.6 Å². The van der Waals surface area contributed by atoms with Gasteiger partial charge in [0.05, 0.1) is 5.41 Å². The molecule has 14 rings (SSSR count). The Bertz CT molecular complexity index is 3760. The lowest BCUT2D eigenvalue weighted by Crippen LogP contribution is -2.26.